The number of benzene rings is 1. The number of carbonyl (C=O) groups is 1. The van der Waals surface area contributed by atoms with Gasteiger partial charge in [0, 0.05) is 12.7 Å². The Morgan fingerprint density at radius 3 is 2.83 bits per heavy atom. The molecular weight excluding hydrogens is 372 g/mol. The van der Waals surface area contributed by atoms with Gasteiger partial charge in [-0.1, -0.05) is 29.8 Å². The molecule has 0 fully saturated rings. The third-order valence-electron chi connectivity index (χ3n) is 3.44. The zero-order valence-corrected chi connectivity index (χ0v) is 15.0. The van der Waals surface area contributed by atoms with E-state index in [2.05, 4.69) is 42.5 Å². The highest BCUT2D eigenvalue weighted by atomic mass is 79.9. The van der Waals surface area contributed by atoms with E-state index in [1.54, 1.807) is 21.9 Å². The standard InChI is InChI=1S/C16H17BrN6O/c1-3-22-9-13(17)14(20-22)15(24)19-16-18-10-23(21-16)8-12-6-4-5-11(2)7-12/h4-7,9-10H,3,8H2,1-2H3,(H,19,21,24). The van der Waals surface area contributed by atoms with E-state index in [1.807, 2.05) is 32.0 Å². The van der Waals surface area contributed by atoms with Crippen LogP contribution in [0.25, 0.3) is 0 Å². The molecule has 0 saturated carbocycles. The molecule has 1 N–H and O–H groups in total. The van der Waals surface area contributed by atoms with Gasteiger partial charge in [-0.2, -0.15) is 5.10 Å². The fourth-order valence-corrected chi connectivity index (χ4v) is 2.80. The van der Waals surface area contributed by atoms with Crippen LogP contribution in [0.5, 0.6) is 0 Å². The molecule has 1 aromatic carbocycles. The Kier molecular flexibility index (Phi) is 4.75. The molecule has 0 saturated heterocycles. The molecule has 0 aliphatic carbocycles. The number of aryl methyl sites for hydroxylation is 2. The second kappa shape index (κ2) is 6.96. The summed E-state index contributed by atoms with van der Waals surface area (Å²) in [5.41, 5.74) is 2.63. The average Bonchev–Trinajstić information content (AvgIpc) is 3.13. The van der Waals surface area contributed by atoms with E-state index in [4.69, 9.17) is 0 Å². The number of rotatable bonds is 5. The van der Waals surface area contributed by atoms with E-state index in [0.29, 0.717) is 23.3 Å². The minimum absolute atomic E-state index is 0.255. The summed E-state index contributed by atoms with van der Waals surface area (Å²) in [6.45, 7) is 5.29. The lowest BCUT2D eigenvalue weighted by Crippen LogP contribution is -2.15. The molecule has 0 unspecified atom stereocenters. The monoisotopic (exact) mass is 388 g/mol. The van der Waals surface area contributed by atoms with Gasteiger partial charge >= 0.3 is 0 Å². The first kappa shape index (κ1) is 16.4. The first-order valence-electron chi connectivity index (χ1n) is 7.54. The first-order chi connectivity index (χ1) is 11.5. The molecule has 0 aliphatic heterocycles. The van der Waals surface area contributed by atoms with Crippen molar-refractivity contribution in [3.63, 3.8) is 0 Å². The predicted molar refractivity (Wildman–Crippen MR) is 93.9 cm³/mol. The lowest BCUT2D eigenvalue weighted by Gasteiger charge is -2.02. The molecule has 8 heteroatoms. The number of hydrogen-bond donors (Lipinski definition) is 1. The molecule has 1 amide bonds. The number of halogens is 1. The number of aromatic nitrogens is 5. The zero-order valence-electron chi connectivity index (χ0n) is 13.4. The number of carbonyl (C=O) groups excluding carboxylic acids is 1. The number of anilines is 1. The quantitative estimate of drug-likeness (QED) is 0.728. The maximum atomic E-state index is 12.3. The van der Waals surface area contributed by atoms with Crippen LogP contribution >= 0.6 is 15.9 Å². The van der Waals surface area contributed by atoms with Crippen LogP contribution in [0.15, 0.2) is 41.3 Å². The second-order valence-electron chi connectivity index (χ2n) is 5.39. The largest absolute Gasteiger partial charge is 0.288 e. The van der Waals surface area contributed by atoms with E-state index in [0.717, 1.165) is 5.56 Å². The van der Waals surface area contributed by atoms with Gasteiger partial charge in [0.05, 0.1) is 11.0 Å². The highest BCUT2D eigenvalue weighted by Crippen LogP contribution is 2.16. The third kappa shape index (κ3) is 3.70. The van der Waals surface area contributed by atoms with Crippen LogP contribution in [0.2, 0.25) is 0 Å². The molecule has 24 heavy (non-hydrogen) atoms. The molecule has 0 aliphatic rings. The summed E-state index contributed by atoms with van der Waals surface area (Å²) in [4.78, 5) is 16.4. The van der Waals surface area contributed by atoms with Gasteiger partial charge in [-0.25, -0.2) is 9.67 Å². The van der Waals surface area contributed by atoms with Crippen molar-refractivity contribution in [3.05, 3.63) is 58.1 Å². The van der Waals surface area contributed by atoms with Gasteiger partial charge in [0.2, 0.25) is 5.95 Å². The first-order valence-corrected chi connectivity index (χ1v) is 8.33. The Morgan fingerprint density at radius 1 is 1.29 bits per heavy atom. The van der Waals surface area contributed by atoms with E-state index >= 15 is 0 Å². The molecule has 3 rings (SSSR count). The Morgan fingerprint density at radius 2 is 2.12 bits per heavy atom. The van der Waals surface area contributed by atoms with Gasteiger partial charge in [0.1, 0.15) is 6.33 Å². The molecule has 2 aromatic heterocycles. The second-order valence-corrected chi connectivity index (χ2v) is 6.24. The van der Waals surface area contributed by atoms with Crippen LogP contribution in [-0.4, -0.2) is 30.5 Å². The normalized spacial score (nSPS) is 10.8. The van der Waals surface area contributed by atoms with Crippen molar-refractivity contribution in [2.75, 3.05) is 5.32 Å². The van der Waals surface area contributed by atoms with E-state index < -0.39 is 0 Å². The van der Waals surface area contributed by atoms with Gasteiger partial charge in [-0.05, 0) is 35.3 Å². The summed E-state index contributed by atoms with van der Waals surface area (Å²) in [5.74, 6) is -0.0898. The van der Waals surface area contributed by atoms with Crippen molar-refractivity contribution in [3.8, 4) is 0 Å². The molecule has 0 spiro atoms. The lowest BCUT2D eigenvalue weighted by atomic mass is 10.1. The topological polar surface area (TPSA) is 77.6 Å². The summed E-state index contributed by atoms with van der Waals surface area (Å²) in [6.07, 6.45) is 3.36. The smallest absolute Gasteiger partial charge is 0.279 e. The van der Waals surface area contributed by atoms with Gasteiger partial charge < -0.3 is 0 Å². The minimum Gasteiger partial charge on any atom is -0.288 e. The number of nitrogens with one attached hydrogen (secondary N) is 1. The van der Waals surface area contributed by atoms with Crippen LogP contribution < -0.4 is 5.32 Å². The highest BCUT2D eigenvalue weighted by molar-refractivity contribution is 9.10. The van der Waals surface area contributed by atoms with Crippen molar-refractivity contribution in [1.82, 2.24) is 24.5 Å². The Labute approximate surface area is 147 Å². The molecule has 0 atom stereocenters. The van der Waals surface area contributed by atoms with Crippen LogP contribution in [0, 0.1) is 6.92 Å². The van der Waals surface area contributed by atoms with Gasteiger partial charge in [0.15, 0.2) is 5.69 Å². The maximum Gasteiger partial charge on any atom is 0.279 e. The Bertz CT molecular complexity index is 869. The summed E-state index contributed by atoms with van der Waals surface area (Å²) >= 11 is 3.34. The third-order valence-corrected chi connectivity index (χ3v) is 4.03. The van der Waals surface area contributed by atoms with Crippen molar-refractivity contribution in [1.29, 1.82) is 0 Å². The van der Waals surface area contributed by atoms with Gasteiger partial charge in [-0.3, -0.25) is 14.8 Å². The van der Waals surface area contributed by atoms with Gasteiger partial charge in [0.25, 0.3) is 5.91 Å². The number of nitrogens with zero attached hydrogens (tertiary/aromatic N) is 5. The average molecular weight is 389 g/mol. The predicted octanol–water partition coefficient (Wildman–Crippen LogP) is 2.87. The minimum atomic E-state index is -0.345. The van der Waals surface area contributed by atoms with E-state index in [9.17, 15) is 4.79 Å². The highest BCUT2D eigenvalue weighted by Gasteiger charge is 2.16. The fourth-order valence-electron chi connectivity index (χ4n) is 2.30. The summed E-state index contributed by atoms with van der Waals surface area (Å²) in [7, 11) is 0. The summed E-state index contributed by atoms with van der Waals surface area (Å²) in [5, 5.41) is 11.2. The maximum absolute atomic E-state index is 12.3. The van der Waals surface area contributed by atoms with Crippen LogP contribution in [0.3, 0.4) is 0 Å². The molecule has 3 aromatic rings. The van der Waals surface area contributed by atoms with Crippen LogP contribution in [-0.2, 0) is 13.1 Å². The summed E-state index contributed by atoms with van der Waals surface area (Å²) < 4.78 is 4.01. The van der Waals surface area contributed by atoms with Crippen LogP contribution in [0.1, 0.15) is 28.5 Å². The lowest BCUT2D eigenvalue weighted by molar-refractivity contribution is 0.102. The van der Waals surface area contributed by atoms with E-state index in [1.165, 1.54) is 5.56 Å². The molecule has 124 valence electrons. The molecule has 7 nitrogen and oxygen atoms in total. The summed E-state index contributed by atoms with van der Waals surface area (Å²) in [6, 6.07) is 8.17. The molecular formula is C16H17BrN6O. The van der Waals surface area contributed by atoms with E-state index in [-0.39, 0.29) is 11.9 Å². The fraction of sp³-hybridized carbons (Fsp3) is 0.250. The Balaban J connectivity index is 1.69. The number of hydrogen-bond acceptors (Lipinski definition) is 4. The zero-order chi connectivity index (χ0) is 17.1. The van der Waals surface area contributed by atoms with Crippen molar-refractivity contribution >= 4 is 27.8 Å². The Hall–Kier alpha value is -2.48. The SMILES string of the molecule is CCn1cc(Br)c(C(=O)Nc2ncn(Cc3cccc(C)c3)n2)n1. The molecule has 0 radical (unpaired) electrons. The van der Waals surface area contributed by atoms with Crippen molar-refractivity contribution < 1.29 is 4.79 Å². The molecule has 2 heterocycles. The van der Waals surface area contributed by atoms with Crippen molar-refractivity contribution in [2.24, 2.45) is 0 Å². The van der Waals surface area contributed by atoms with Crippen molar-refractivity contribution in [2.45, 2.75) is 26.9 Å². The number of amides is 1. The van der Waals surface area contributed by atoms with Crippen LogP contribution in [0.4, 0.5) is 5.95 Å². The van der Waals surface area contributed by atoms with Gasteiger partial charge in [-0.15, -0.1) is 5.10 Å². The molecule has 0 bridgehead atoms.